The third kappa shape index (κ3) is 3.74. The Morgan fingerprint density at radius 2 is 2.06 bits per heavy atom. The Kier molecular flexibility index (Phi) is 4.62. The predicted octanol–water partition coefficient (Wildman–Crippen LogP) is 3.18. The third-order valence-electron chi connectivity index (χ3n) is 2.33. The van der Waals surface area contributed by atoms with E-state index in [9.17, 15) is 4.79 Å². The van der Waals surface area contributed by atoms with Gasteiger partial charge >= 0.3 is 0 Å². The van der Waals surface area contributed by atoms with Crippen LogP contribution in [0.4, 0.5) is 5.69 Å². The molecule has 0 radical (unpaired) electrons. The van der Waals surface area contributed by atoms with E-state index in [1.54, 1.807) is 6.92 Å². The zero-order valence-electron chi connectivity index (χ0n) is 9.91. The SMILES string of the molecule is CC(=O)SCC=Cc1cc(C)c(N)cc1C. The fourth-order valence-corrected chi connectivity index (χ4v) is 1.81. The summed E-state index contributed by atoms with van der Waals surface area (Å²) < 4.78 is 0. The van der Waals surface area contributed by atoms with Gasteiger partial charge < -0.3 is 5.73 Å². The van der Waals surface area contributed by atoms with Gasteiger partial charge in [0.15, 0.2) is 5.12 Å². The molecule has 16 heavy (non-hydrogen) atoms. The van der Waals surface area contributed by atoms with E-state index < -0.39 is 0 Å². The Balaban J connectivity index is 2.73. The highest BCUT2D eigenvalue weighted by Gasteiger charge is 1.99. The zero-order valence-corrected chi connectivity index (χ0v) is 10.7. The topological polar surface area (TPSA) is 43.1 Å². The Hall–Kier alpha value is -1.22. The Bertz CT molecular complexity index is 424. The lowest BCUT2D eigenvalue weighted by Gasteiger charge is -2.05. The molecule has 1 aromatic carbocycles. The number of nitrogen functional groups attached to an aromatic ring is 1. The van der Waals surface area contributed by atoms with Gasteiger partial charge in [0.05, 0.1) is 0 Å². The van der Waals surface area contributed by atoms with Crippen LogP contribution in [0.15, 0.2) is 18.2 Å². The van der Waals surface area contributed by atoms with E-state index >= 15 is 0 Å². The van der Waals surface area contributed by atoms with Crippen LogP contribution in [0.25, 0.3) is 6.08 Å². The van der Waals surface area contributed by atoms with Crippen molar-refractivity contribution in [2.75, 3.05) is 11.5 Å². The van der Waals surface area contributed by atoms with Gasteiger partial charge in [-0.25, -0.2) is 0 Å². The van der Waals surface area contributed by atoms with Gasteiger partial charge in [-0.1, -0.05) is 23.9 Å². The minimum atomic E-state index is 0.148. The number of carbonyl (C=O) groups is 1. The van der Waals surface area contributed by atoms with Gasteiger partial charge in [-0.3, -0.25) is 4.79 Å². The van der Waals surface area contributed by atoms with Crippen LogP contribution in [-0.2, 0) is 4.79 Å². The average Bonchev–Trinajstić information content (AvgIpc) is 2.19. The van der Waals surface area contributed by atoms with Gasteiger partial charge in [-0.2, -0.15) is 0 Å². The quantitative estimate of drug-likeness (QED) is 0.818. The van der Waals surface area contributed by atoms with E-state index in [-0.39, 0.29) is 5.12 Å². The smallest absolute Gasteiger partial charge is 0.186 e. The molecule has 0 aliphatic rings. The number of aryl methyl sites for hydroxylation is 2. The Labute approximate surface area is 101 Å². The third-order valence-corrected chi connectivity index (χ3v) is 3.10. The predicted molar refractivity (Wildman–Crippen MR) is 72.5 cm³/mol. The van der Waals surface area contributed by atoms with Gasteiger partial charge in [0, 0.05) is 18.4 Å². The molecule has 2 N–H and O–H groups in total. The number of hydrogen-bond acceptors (Lipinski definition) is 3. The lowest BCUT2D eigenvalue weighted by Crippen LogP contribution is -1.92. The minimum absolute atomic E-state index is 0.148. The lowest BCUT2D eigenvalue weighted by atomic mass is 10.0. The summed E-state index contributed by atoms with van der Waals surface area (Å²) in [5.41, 5.74) is 10.0. The van der Waals surface area contributed by atoms with E-state index in [1.165, 1.54) is 11.8 Å². The van der Waals surface area contributed by atoms with Crippen molar-refractivity contribution in [3.63, 3.8) is 0 Å². The summed E-state index contributed by atoms with van der Waals surface area (Å²) in [6, 6.07) is 4.05. The van der Waals surface area contributed by atoms with Crippen LogP contribution in [0.2, 0.25) is 0 Å². The second-order valence-electron chi connectivity index (χ2n) is 3.77. The van der Waals surface area contributed by atoms with Gasteiger partial charge in [0.1, 0.15) is 0 Å². The van der Waals surface area contributed by atoms with E-state index in [2.05, 4.69) is 6.07 Å². The van der Waals surface area contributed by atoms with E-state index in [0.29, 0.717) is 0 Å². The highest BCUT2D eigenvalue weighted by molar-refractivity contribution is 8.13. The van der Waals surface area contributed by atoms with Crippen molar-refractivity contribution in [2.24, 2.45) is 0 Å². The highest BCUT2D eigenvalue weighted by Crippen LogP contribution is 2.19. The second kappa shape index (κ2) is 5.75. The molecule has 0 aliphatic heterocycles. The van der Waals surface area contributed by atoms with Crippen molar-refractivity contribution in [1.82, 2.24) is 0 Å². The first-order valence-electron chi connectivity index (χ1n) is 5.17. The fourth-order valence-electron chi connectivity index (χ4n) is 1.38. The summed E-state index contributed by atoms with van der Waals surface area (Å²) >= 11 is 1.31. The first kappa shape index (κ1) is 12.8. The molecule has 1 rings (SSSR count). The number of thioether (sulfide) groups is 1. The summed E-state index contributed by atoms with van der Waals surface area (Å²) in [7, 11) is 0. The monoisotopic (exact) mass is 235 g/mol. The molecule has 0 aromatic heterocycles. The minimum Gasteiger partial charge on any atom is -0.399 e. The number of benzene rings is 1. The molecule has 0 saturated heterocycles. The van der Waals surface area contributed by atoms with Gasteiger partial charge in [0.2, 0.25) is 0 Å². The number of anilines is 1. The summed E-state index contributed by atoms with van der Waals surface area (Å²) in [5, 5.41) is 0.148. The van der Waals surface area contributed by atoms with Crippen molar-refractivity contribution < 1.29 is 4.79 Å². The van der Waals surface area contributed by atoms with E-state index in [4.69, 9.17) is 5.73 Å². The molecular weight excluding hydrogens is 218 g/mol. The van der Waals surface area contributed by atoms with Crippen molar-refractivity contribution in [3.8, 4) is 0 Å². The molecule has 1 aromatic rings. The molecular formula is C13H17NOS. The van der Waals surface area contributed by atoms with Crippen molar-refractivity contribution in [1.29, 1.82) is 0 Å². The molecule has 0 aliphatic carbocycles. The maximum atomic E-state index is 10.7. The van der Waals surface area contributed by atoms with E-state index in [1.807, 2.05) is 32.1 Å². The van der Waals surface area contributed by atoms with Gasteiger partial charge in [0.25, 0.3) is 0 Å². The first-order chi connectivity index (χ1) is 7.50. The highest BCUT2D eigenvalue weighted by atomic mass is 32.2. The van der Waals surface area contributed by atoms with Crippen LogP contribution < -0.4 is 5.73 Å². The number of nitrogens with two attached hydrogens (primary N) is 1. The van der Waals surface area contributed by atoms with Crippen molar-refractivity contribution >= 4 is 28.6 Å². The van der Waals surface area contributed by atoms with Crippen molar-refractivity contribution in [3.05, 3.63) is 34.9 Å². The summed E-state index contributed by atoms with van der Waals surface area (Å²) in [4.78, 5) is 10.7. The first-order valence-corrected chi connectivity index (χ1v) is 6.16. The molecule has 0 bridgehead atoms. The van der Waals surface area contributed by atoms with Crippen molar-refractivity contribution in [2.45, 2.75) is 20.8 Å². The average molecular weight is 235 g/mol. The second-order valence-corrected chi connectivity index (χ2v) is 4.97. The molecule has 0 amide bonds. The Morgan fingerprint density at radius 3 is 2.69 bits per heavy atom. The molecule has 0 heterocycles. The van der Waals surface area contributed by atoms with Crippen LogP contribution in [0, 0.1) is 13.8 Å². The lowest BCUT2D eigenvalue weighted by molar-refractivity contribution is -0.109. The summed E-state index contributed by atoms with van der Waals surface area (Å²) in [5.74, 6) is 0.720. The van der Waals surface area contributed by atoms with E-state index in [0.717, 1.165) is 28.1 Å². The summed E-state index contributed by atoms with van der Waals surface area (Å²) in [6.07, 6.45) is 4.04. The van der Waals surface area contributed by atoms with Crippen LogP contribution in [0.5, 0.6) is 0 Å². The maximum Gasteiger partial charge on any atom is 0.186 e. The van der Waals surface area contributed by atoms with Gasteiger partial charge in [-0.05, 0) is 42.7 Å². The summed E-state index contributed by atoms with van der Waals surface area (Å²) in [6.45, 7) is 5.61. The molecule has 2 nitrogen and oxygen atoms in total. The van der Waals surface area contributed by atoms with Crippen LogP contribution in [-0.4, -0.2) is 10.9 Å². The molecule has 3 heteroatoms. The largest absolute Gasteiger partial charge is 0.399 e. The zero-order chi connectivity index (χ0) is 12.1. The fraction of sp³-hybridized carbons (Fsp3) is 0.308. The van der Waals surface area contributed by atoms with Crippen LogP contribution >= 0.6 is 11.8 Å². The standard InChI is InChI=1S/C13H17NOS/c1-9-8-13(14)10(2)7-12(9)5-4-6-16-11(3)15/h4-5,7-8H,6,14H2,1-3H3. The molecule has 0 unspecified atom stereocenters. The number of rotatable bonds is 3. The normalized spacial score (nSPS) is 10.9. The number of hydrogen-bond donors (Lipinski definition) is 1. The van der Waals surface area contributed by atoms with Crippen LogP contribution in [0.3, 0.4) is 0 Å². The molecule has 0 saturated carbocycles. The molecule has 0 spiro atoms. The molecule has 0 fully saturated rings. The van der Waals surface area contributed by atoms with Crippen LogP contribution in [0.1, 0.15) is 23.6 Å². The Morgan fingerprint density at radius 1 is 1.38 bits per heavy atom. The number of carbonyl (C=O) groups excluding carboxylic acids is 1. The van der Waals surface area contributed by atoms with Gasteiger partial charge in [-0.15, -0.1) is 0 Å². The molecule has 0 atom stereocenters. The maximum absolute atomic E-state index is 10.7. The molecule has 86 valence electrons.